The zero-order valence-electron chi connectivity index (χ0n) is 10.2. The molecule has 0 radical (unpaired) electrons. The van der Waals surface area contributed by atoms with E-state index in [0.717, 1.165) is 16.2 Å². The lowest BCUT2D eigenvalue weighted by Crippen LogP contribution is -2.59. The molecule has 1 unspecified atom stereocenters. The largest absolute Gasteiger partial charge is 0.457 e. The fourth-order valence-electron chi connectivity index (χ4n) is 1.73. The zero-order valence-corrected chi connectivity index (χ0v) is 10.2. The van der Waals surface area contributed by atoms with Gasteiger partial charge in [0.15, 0.2) is 6.17 Å². The molecular formula is C10H16F5N3. The van der Waals surface area contributed by atoms with Crippen molar-refractivity contribution in [2.24, 2.45) is 5.10 Å². The fraction of sp³-hybridized carbons (Fsp3) is 0.900. The molecule has 0 aromatic rings. The molecule has 8 heteroatoms. The highest BCUT2D eigenvalue weighted by molar-refractivity contribution is 5.57. The van der Waals surface area contributed by atoms with Crippen molar-refractivity contribution in [3.8, 4) is 0 Å². The van der Waals surface area contributed by atoms with Gasteiger partial charge in [0.25, 0.3) is 0 Å². The summed E-state index contributed by atoms with van der Waals surface area (Å²) in [6.45, 7) is 3.46. The fourth-order valence-corrected chi connectivity index (χ4v) is 1.73. The van der Waals surface area contributed by atoms with Crippen LogP contribution >= 0.6 is 0 Å². The normalized spacial score (nSPS) is 20.9. The SMILES string of the molecule is CCCCN1N=CN(CC)C1C(F)(F)C(F)(F)F. The molecule has 0 aromatic carbocycles. The van der Waals surface area contributed by atoms with Gasteiger partial charge in [-0.2, -0.15) is 27.1 Å². The van der Waals surface area contributed by atoms with Crippen LogP contribution in [0, 0.1) is 0 Å². The molecule has 0 aliphatic carbocycles. The van der Waals surface area contributed by atoms with E-state index in [-0.39, 0.29) is 13.1 Å². The van der Waals surface area contributed by atoms with Gasteiger partial charge in [-0.3, -0.25) is 5.01 Å². The van der Waals surface area contributed by atoms with Gasteiger partial charge in [0.1, 0.15) is 6.34 Å². The van der Waals surface area contributed by atoms with Crippen LogP contribution in [0.4, 0.5) is 22.0 Å². The summed E-state index contributed by atoms with van der Waals surface area (Å²) < 4.78 is 64.2. The molecule has 1 atom stereocenters. The third-order valence-electron chi connectivity index (χ3n) is 2.75. The summed E-state index contributed by atoms with van der Waals surface area (Å²) in [4.78, 5) is 0.906. The number of hydrogen-bond acceptors (Lipinski definition) is 3. The number of rotatable bonds is 5. The van der Waals surface area contributed by atoms with Crippen LogP contribution < -0.4 is 0 Å². The summed E-state index contributed by atoms with van der Waals surface area (Å²) >= 11 is 0. The van der Waals surface area contributed by atoms with E-state index in [1.54, 1.807) is 0 Å². The number of hydrazone groups is 1. The van der Waals surface area contributed by atoms with Crippen molar-refractivity contribution in [1.82, 2.24) is 9.91 Å². The molecule has 0 fully saturated rings. The number of hydrogen-bond donors (Lipinski definition) is 0. The van der Waals surface area contributed by atoms with Gasteiger partial charge < -0.3 is 4.90 Å². The van der Waals surface area contributed by atoms with E-state index in [1.165, 1.54) is 6.92 Å². The number of nitrogens with zero attached hydrogens (tertiary/aromatic N) is 3. The predicted molar refractivity (Wildman–Crippen MR) is 57.3 cm³/mol. The smallest absolute Gasteiger partial charge is 0.334 e. The third kappa shape index (κ3) is 2.67. The van der Waals surface area contributed by atoms with Crippen molar-refractivity contribution in [1.29, 1.82) is 0 Å². The zero-order chi connectivity index (χ0) is 14.0. The molecule has 18 heavy (non-hydrogen) atoms. The molecule has 0 bridgehead atoms. The second-order valence-electron chi connectivity index (χ2n) is 4.07. The molecule has 0 aromatic heterocycles. The van der Waals surface area contributed by atoms with Crippen LogP contribution in [0.2, 0.25) is 0 Å². The maximum atomic E-state index is 13.5. The third-order valence-corrected chi connectivity index (χ3v) is 2.75. The van der Waals surface area contributed by atoms with Gasteiger partial charge >= 0.3 is 12.1 Å². The molecule has 1 heterocycles. The molecule has 0 spiro atoms. The lowest BCUT2D eigenvalue weighted by Gasteiger charge is -2.36. The van der Waals surface area contributed by atoms with Crippen molar-refractivity contribution in [3.63, 3.8) is 0 Å². The topological polar surface area (TPSA) is 18.8 Å². The Labute approximate surface area is 102 Å². The molecule has 0 N–H and O–H groups in total. The Kier molecular flexibility index (Phi) is 4.39. The summed E-state index contributed by atoms with van der Waals surface area (Å²) in [6, 6.07) is 0. The highest BCUT2D eigenvalue weighted by atomic mass is 19.4. The molecule has 1 rings (SSSR count). The van der Waals surface area contributed by atoms with Crippen LogP contribution in [0.15, 0.2) is 5.10 Å². The maximum Gasteiger partial charge on any atom is 0.457 e. The minimum absolute atomic E-state index is 0.0441. The van der Waals surface area contributed by atoms with Gasteiger partial charge in [0.05, 0.1) is 0 Å². The van der Waals surface area contributed by atoms with Gasteiger partial charge in [-0.25, -0.2) is 0 Å². The second-order valence-corrected chi connectivity index (χ2v) is 4.07. The Morgan fingerprint density at radius 2 is 1.78 bits per heavy atom. The standard InChI is InChI=1S/C10H16F5N3/c1-3-5-6-18-8(17(4-2)7-16-18)9(11,12)10(13,14)15/h7-8H,3-6H2,1-2H3. The first-order valence-electron chi connectivity index (χ1n) is 5.76. The van der Waals surface area contributed by atoms with E-state index in [9.17, 15) is 22.0 Å². The van der Waals surface area contributed by atoms with Crippen LogP contribution in [0.25, 0.3) is 0 Å². The van der Waals surface area contributed by atoms with Crippen molar-refractivity contribution < 1.29 is 22.0 Å². The van der Waals surface area contributed by atoms with Gasteiger partial charge in [-0.05, 0) is 13.3 Å². The van der Waals surface area contributed by atoms with Gasteiger partial charge in [0.2, 0.25) is 0 Å². The predicted octanol–water partition coefficient (Wildman–Crippen LogP) is 2.89. The molecule has 0 amide bonds. The van der Waals surface area contributed by atoms with E-state index >= 15 is 0 Å². The highest BCUT2D eigenvalue weighted by Crippen LogP contribution is 2.42. The van der Waals surface area contributed by atoms with Gasteiger partial charge in [-0.1, -0.05) is 13.3 Å². The molecule has 1 aliphatic rings. The minimum atomic E-state index is -5.58. The number of alkyl halides is 5. The molecular weight excluding hydrogens is 257 g/mol. The van der Waals surface area contributed by atoms with E-state index in [1.807, 2.05) is 6.92 Å². The van der Waals surface area contributed by atoms with Crippen molar-refractivity contribution in [3.05, 3.63) is 0 Å². The first kappa shape index (κ1) is 15.0. The summed E-state index contributed by atoms with van der Waals surface area (Å²) in [6.07, 6.45) is -5.40. The van der Waals surface area contributed by atoms with E-state index < -0.39 is 18.3 Å². The van der Waals surface area contributed by atoms with E-state index in [0.29, 0.717) is 12.8 Å². The van der Waals surface area contributed by atoms with Crippen LogP contribution in [0.5, 0.6) is 0 Å². The quantitative estimate of drug-likeness (QED) is 0.717. The minimum Gasteiger partial charge on any atom is -0.334 e. The van der Waals surface area contributed by atoms with Crippen molar-refractivity contribution in [2.45, 2.75) is 45.0 Å². The molecule has 106 valence electrons. The van der Waals surface area contributed by atoms with E-state index in [4.69, 9.17) is 0 Å². The first-order valence-corrected chi connectivity index (χ1v) is 5.76. The van der Waals surface area contributed by atoms with Crippen LogP contribution in [-0.2, 0) is 0 Å². The van der Waals surface area contributed by atoms with Gasteiger partial charge in [-0.15, -0.1) is 0 Å². The van der Waals surface area contributed by atoms with Gasteiger partial charge in [0, 0.05) is 13.1 Å². The molecule has 1 aliphatic heterocycles. The lowest BCUT2D eigenvalue weighted by atomic mass is 10.2. The number of halogens is 5. The van der Waals surface area contributed by atoms with Crippen LogP contribution in [0.3, 0.4) is 0 Å². The van der Waals surface area contributed by atoms with Crippen molar-refractivity contribution in [2.75, 3.05) is 13.1 Å². The molecule has 0 saturated carbocycles. The Morgan fingerprint density at radius 1 is 1.17 bits per heavy atom. The molecule has 3 nitrogen and oxygen atoms in total. The maximum absolute atomic E-state index is 13.5. The second kappa shape index (κ2) is 5.27. The average Bonchev–Trinajstić information content (AvgIpc) is 2.68. The first-order chi connectivity index (χ1) is 8.25. The van der Waals surface area contributed by atoms with E-state index in [2.05, 4.69) is 5.10 Å². The summed E-state index contributed by atoms with van der Waals surface area (Å²) in [5.74, 6) is -4.81. The van der Waals surface area contributed by atoms with Crippen LogP contribution in [0.1, 0.15) is 26.7 Å². The average molecular weight is 273 g/mol. The summed E-state index contributed by atoms with van der Waals surface area (Å²) in [5.41, 5.74) is 0. The number of unbranched alkanes of at least 4 members (excludes halogenated alkanes) is 1. The monoisotopic (exact) mass is 273 g/mol. The van der Waals surface area contributed by atoms with Crippen LogP contribution in [-0.4, -0.2) is 47.6 Å². The Morgan fingerprint density at radius 3 is 2.22 bits per heavy atom. The van der Waals surface area contributed by atoms with Crippen molar-refractivity contribution >= 4 is 6.34 Å². The molecule has 0 saturated heterocycles. The summed E-state index contributed by atoms with van der Waals surface area (Å²) in [5, 5.41) is 4.46. The Balaban J connectivity index is 2.92. The Hall–Kier alpha value is -1.08. The summed E-state index contributed by atoms with van der Waals surface area (Å²) in [7, 11) is 0. The highest BCUT2D eigenvalue weighted by Gasteiger charge is 2.66. The lowest BCUT2D eigenvalue weighted by molar-refractivity contribution is -0.313. The Bertz CT molecular complexity index is 302.